The molecule has 1 aliphatic rings. The molecule has 0 radical (unpaired) electrons. The number of likely N-dealkylation sites (N-methyl/N-ethyl adjacent to an activating group) is 1. The lowest BCUT2D eigenvalue weighted by Crippen LogP contribution is -2.43. The lowest BCUT2D eigenvalue weighted by atomic mass is 9.90. The molecule has 1 fully saturated rings. The molecule has 0 heterocycles. The Labute approximate surface area is 115 Å². The normalized spacial score (nSPS) is 18.9. The summed E-state index contributed by atoms with van der Waals surface area (Å²) in [6, 6.07) is 7.09. The summed E-state index contributed by atoms with van der Waals surface area (Å²) in [5.41, 5.74) is 7.06. The molecule has 106 valence electrons. The topological polar surface area (TPSA) is 29.3 Å². The Kier molecular flexibility index (Phi) is 5.20. The van der Waals surface area contributed by atoms with E-state index in [1.54, 1.807) is 0 Å². The first-order valence-electron chi connectivity index (χ1n) is 7.41. The fourth-order valence-electron chi connectivity index (χ4n) is 3.23. The van der Waals surface area contributed by atoms with E-state index in [0.717, 1.165) is 5.69 Å². The summed E-state index contributed by atoms with van der Waals surface area (Å²) in [7, 11) is 2.08. The Morgan fingerprint density at radius 2 is 1.74 bits per heavy atom. The fourth-order valence-corrected chi connectivity index (χ4v) is 3.23. The minimum Gasteiger partial charge on any atom is -0.370 e. The van der Waals surface area contributed by atoms with Crippen molar-refractivity contribution in [3.05, 3.63) is 30.1 Å². The lowest BCUT2D eigenvalue weighted by Gasteiger charge is -2.35. The lowest BCUT2D eigenvalue weighted by molar-refractivity contribution is 0.369. The van der Waals surface area contributed by atoms with E-state index in [-0.39, 0.29) is 5.82 Å². The molecule has 19 heavy (non-hydrogen) atoms. The first-order valence-corrected chi connectivity index (χ1v) is 7.41. The van der Waals surface area contributed by atoms with Crippen LogP contribution in [0.2, 0.25) is 0 Å². The van der Waals surface area contributed by atoms with Crippen molar-refractivity contribution in [1.82, 2.24) is 0 Å². The summed E-state index contributed by atoms with van der Waals surface area (Å²) < 4.78 is 13.0. The highest BCUT2D eigenvalue weighted by atomic mass is 19.1. The zero-order chi connectivity index (χ0) is 13.7. The van der Waals surface area contributed by atoms with Gasteiger partial charge in [-0.25, -0.2) is 4.39 Å². The average Bonchev–Trinajstić information content (AvgIpc) is 2.69. The number of rotatable bonds is 4. The van der Waals surface area contributed by atoms with Gasteiger partial charge in [0.15, 0.2) is 0 Å². The molecule has 3 heteroatoms. The van der Waals surface area contributed by atoms with Gasteiger partial charge in [-0.3, -0.25) is 0 Å². The molecule has 0 saturated heterocycles. The first-order chi connectivity index (χ1) is 9.22. The molecule has 1 unspecified atom stereocenters. The van der Waals surface area contributed by atoms with Gasteiger partial charge in [0.2, 0.25) is 0 Å². The van der Waals surface area contributed by atoms with Gasteiger partial charge in [-0.2, -0.15) is 0 Å². The van der Waals surface area contributed by atoms with E-state index in [2.05, 4.69) is 11.9 Å². The molecule has 1 saturated carbocycles. The van der Waals surface area contributed by atoms with Gasteiger partial charge in [-0.05, 0) is 43.0 Å². The molecular formula is C16H25FN2. The van der Waals surface area contributed by atoms with Crippen LogP contribution in [0, 0.1) is 11.7 Å². The van der Waals surface area contributed by atoms with Crippen LogP contribution in [0.4, 0.5) is 10.1 Å². The molecule has 1 aromatic carbocycles. The largest absolute Gasteiger partial charge is 0.370 e. The van der Waals surface area contributed by atoms with Crippen LogP contribution in [0.15, 0.2) is 24.3 Å². The molecule has 2 nitrogen and oxygen atoms in total. The Morgan fingerprint density at radius 1 is 1.16 bits per heavy atom. The van der Waals surface area contributed by atoms with Gasteiger partial charge in [0.1, 0.15) is 5.82 Å². The summed E-state index contributed by atoms with van der Waals surface area (Å²) in [6.45, 7) is 0.665. The Balaban J connectivity index is 2.08. The maximum absolute atomic E-state index is 13.0. The van der Waals surface area contributed by atoms with Crippen molar-refractivity contribution < 1.29 is 4.39 Å². The van der Waals surface area contributed by atoms with Crippen LogP contribution >= 0.6 is 0 Å². The first kappa shape index (κ1) is 14.3. The standard InChI is InChI=1S/C16H25FN2/c1-19(15-10-8-14(17)9-11-15)16(12-18)13-6-4-2-3-5-7-13/h8-11,13,16H,2-7,12,18H2,1H3. The fraction of sp³-hybridized carbons (Fsp3) is 0.625. The monoisotopic (exact) mass is 264 g/mol. The molecule has 0 aliphatic heterocycles. The van der Waals surface area contributed by atoms with E-state index in [9.17, 15) is 4.39 Å². The van der Waals surface area contributed by atoms with E-state index in [1.165, 1.54) is 50.7 Å². The van der Waals surface area contributed by atoms with Crippen LogP contribution < -0.4 is 10.6 Å². The number of halogens is 1. The van der Waals surface area contributed by atoms with Crippen molar-refractivity contribution in [3.8, 4) is 0 Å². The molecule has 2 N–H and O–H groups in total. The van der Waals surface area contributed by atoms with Gasteiger partial charge in [-0.1, -0.05) is 25.7 Å². The third kappa shape index (κ3) is 3.69. The highest BCUT2D eigenvalue weighted by Crippen LogP contribution is 2.29. The predicted octanol–water partition coefficient (Wildman–Crippen LogP) is 3.56. The van der Waals surface area contributed by atoms with Crippen molar-refractivity contribution in [2.75, 3.05) is 18.5 Å². The number of benzene rings is 1. The van der Waals surface area contributed by atoms with E-state index in [0.29, 0.717) is 18.5 Å². The van der Waals surface area contributed by atoms with Gasteiger partial charge in [0.05, 0.1) is 0 Å². The number of hydrogen-bond acceptors (Lipinski definition) is 2. The average molecular weight is 264 g/mol. The minimum atomic E-state index is -0.184. The second-order valence-electron chi connectivity index (χ2n) is 5.64. The smallest absolute Gasteiger partial charge is 0.123 e. The van der Waals surface area contributed by atoms with Gasteiger partial charge < -0.3 is 10.6 Å². The van der Waals surface area contributed by atoms with Crippen LogP contribution in [0.25, 0.3) is 0 Å². The van der Waals surface area contributed by atoms with Crippen molar-refractivity contribution >= 4 is 5.69 Å². The summed E-state index contributed by atoms with van der Waals surface area (Å²) in [5, 5.41) is 0. The number of anilines is 1. The number of hydrogen-bond donors (Lipinski definition) is 1. The van der Waals surface area contributed by atoms with Crippen molar-refractivity contribution in [3.63, 3.8) is 0 Å². The van der Waals surface area contributed by atoms with E-state index in [4.69, 9.17) is 5.73 Å². The zero-order valence-corrected chi connectivity index (χ0v) is 11.8. The van der Waals surface area contributed by atoms with Crippen LogP contribution in [0.3, 0.4) is 0 Å². The van der Waals surface area contributed by atoms with E-state index < -0.39 is 0 Å². The summed E-state index contributed by atoms with van der Waals surface area (Å²) in [6.07, 6.45) is 7.89. The van der Waals surface area contributed by atoms with Gasteiger partial charge in [-0.15, -0.1) is 0 Å². The summed E-state index contributed by atoms with van der Waals surface area (Å²) >= 11 is 0. The molecule has 2 rings (SSSR count). The van der Waals surface area contributed by atoms with Crippen LogP contribution in [-0.2, 0) is 0 Å². The van der Waals surface area contributed by atoms with E-state index in [1.807, 2.05) is 12.1 Å². The Bertz CT molecular complexity index is 369. The minimum absolute atomic E-state index is 0.184. The summed E-state index contributed by atoms with van der Waals surface area (Å²) in [5.74, 6) is 0.485. The van der Waals surface area contributed by atoms with Crippen LogP contribution in [0.5, 0.6) is 0 Å². The number of nitrogens with two attached hydrogens (primary N) is 1. The van der Waals surface area contributed by atoms with Gasteiger partial charge >= 0.3 is 0 Å². The molecule has 1 atom stereocenters. The van der Waals surface area contributed by atoms with Gasteiger partial charge in [0, 0.05) is 25.3 Å². The van der Waals surface area contributed by atoms with Gasteiger partial charge in [0.25, 0.3) is 0 Å². The highest BCUT2D eigenvalue weighted by molar-refractivity contribution is 5.46. The maximum Gasteiger partial charge on any atom is 0.123 e. The molecule has 0 amide bonds. The SMILES string of the molecule is CN(c1ccc(F)cc1)C(CN)C1CCCCCC1. The third-order valence-corrected chi connectivity index (χ3v) is 4.42. The Morgan fingerprint density at radius 3 is 2.26 bits per heavy atom. The molecular weight excluding hydrogens is 239 g/mol. The second kappa shape index (κ2) is 6.90. The molecule has 0 bridgehead atoms. The van der Waals surface area contributed by atoms with Crippen molar-refractivity contribution in [1.29, 1.82) is 0 Å². The molecule has 0 spiro atoms. The molecule has 0 aromatic heterocycles. The maximum atomic E-state index is 13.0. The van der Waals surface area contributed by atoms with Crippen molar-refractivity contribution in [2.24, 2.45) is 11.7 Å². The van der Waals surface area contributed by atoms with Crippen LogP contribution in [-0.4, -0.2) is 19.6 Å². The molecule has 1 aromatic rings. The predicted molar refractivity (Wildman–Crippen MR) is 78.8 cm³/mol. The molecule has 1 aliphatic carbocycles. The van der Waals surface area contributed by atoms with Crippen molar-refractivity contribution in [2.45, 2.75) is 44.6 Å². The second-order valence-corrected chi connectivity index (χ2v) is 5.64. The van der Waals surface area contributed by atoms with E-state index >= 15 is 0 Å². The third-order valence-electron chi connectivity index (χ3n) is 4.42. The quantitative estimate of drug-likeness (QED) is 0.843. The highest BCUT2D eigenvalue weighted by Gasteiger charge is 2.25. The zero-order valence-electron chi connectivity index (χ0n) is 11.8. The van der Waals surface area contributed by atoms with Crippen LogP contribution in [0.1, 0.15) is 38.5 Å². The summed E-state index contributed by atoms with van der Waals surface area (Å²) in [4.78, 5) is 2.23. The number of nitrogens with zero attached hydrogens (tertiary/aromatic N) is 1. The Hall–Kier alpha value is -1.09.